The van der Waals surface area contributed by atoms with Crippen LogP contribution in [0.15, 0.2) is 53.1 Å². The number of amides is 1. The molecule has 0 bridgehead atoms. The Hall–Kier alpha value is -3.15. The minimum atomic E-state index is -0.511. The van der Waals surface area contributed by atoms with Crippen molar-refractivity contribution in [3.8, 4) is 11.5 Å². The van der Waals surface area contributed by atoms with Crippen LogP contribution < -0.4 is 5.32 Å². The highest BCUT2D eigenvalue weighted by Crippen LogP contribution is 2.25. The molecule has 1 aromatic carbocycles. The average Bonchev–Trinajstić information content (AvgIpc) is 3.13. The van der Waals surface area contributed by atoms with Crippen molar-refractivity contribution in [2.75, 3.05) is 13.7 Å². The van der Waals surface area contributed by atoms with Gasteiger partial charge in [-0.25, -0.2) is 4.98 Å². The second-order valence-electron chi connectivity index (χ2n) is 4.81. The van der Waals surface area contributed by atoms with Crippen LogP contribution in [0.25, 0.3) is 22.4 Å². The van der Waals surface area contributed by atoms with Gasteiger partial charge in [-0.1, -0.05) is 18.2 Å². The first kappa shape index (κ1) is 14.8. The zero-order valence-electron chi connectivity index (χ0n) is 12.4. The molecule has 0 spiro atoms. The van der Waals surface area contributed by atoms with Crippen LogP contribution in [-0.2, 0) is 9.53 Å². The van der Waals surface area contributed by atoms with Gasteiger partial charge in [-0.05, 0) is 24.3 Å². The number of nitrogens with one attached hydrogen (secondary N) is 1. The largest absolute Gasteiger partial charge is 0.468 e. The van der Waals surface area contributed by atoms with Crippen LogP contribution in [0, 0.1) is 0 Å². The van der Waals surface area contributed by atoms with Crippen molar-refractivity contribution in [2.45, 2.75) is 0 Å². The number of carbonyl (C=O) groups excluding carboxylic acids is 2. The predicted octanol–water partition coefficient (Wildman–Crippen LogP) is 2.40. The number of aromatic nitrogens is 1. The van der Waals surface area contributed by atoms with Gasteiger partial charge < -0.3 is 14.5 Å². The fourth-order valence-corrected chi connectivity index (χ4v) is 2.23. The lowest BCUT2D eigenvalue weighted by Crippen LogP contribution is -2.30. The first-order valence-corrected chi connectivity index (χ1v) is 6.97. The van der Waals surface area contributed by atoms with E-state index in [4.69, 9.17) is 4.42 Å². The van der Waals surface area contributed by atoms with Gasteiger partial charge in [0.2, 0.25) is 0 Å². The molecule has 23 heavy (non-hydrogen) atoms. The maximum atomic E-state index is 12.4. The second kappa shape index (κ2) is 6.31. The molecule has 0 atom stereocenters. The molecule has 3 rings (SSSR count). The third-order valence-corrected chi connectivity index (χ3v) is 3.36. The van der Waals surface area contributed by atoms with E-state index in [0.29, 0.717) is 27.9 Å². The van der Waals surface area contributed by atoms with Crippen molar-refractivity contribution in [3.63, 3.8) is 0 Å². The highest BCUT2D eigenvalue weighted by Gasteiger charge is 2.15. The van der Waals surface area contributed by atoms with Gasteiger partial charge in [0.1, 0.15) is 12.2 Å². The zero-order chi connectivity index (χ0) is 16.2. The summed E-state index contributed by atoms with van der Waals surface area (Å²) >= 11 is 0. The predicted molar refractivity (Wildman–Crippen MR) is 83.8 cm³/mol. The van der Waals surface area contributed by atoms with E-state index in [1.165, 1.54) is 7.11 Å². The molecule has 0 fully saturated rings. The number of fused-ring (bicyclic) bond motifs is 1. The zero-order valence-corrected chi connectivity index (χ0v) is 12.4. The maximum absolute atomic E-state index is 12.4. The van der Waals surface area contributed by atoms with E-state index in [-0.39, 0.29) is 12.5 Å². The minimum Gasteiger partial charge on any atom is -0.468 e. The smallest absolute Gasteiger partial charge is 0.325 e. The van der Waals surface area contributed by atoms with Gasteiger partial charge in [-0.2, -0.15) is 0 Å². The summed E-state index contributed by atoms with van der Waals surface area (Å²) in [5.41, 5.74) is 1.65. The number of methoxy groups -OCH3 is 1. The molecule has 116 valence electrons. The summed E-state index contributed by atoms with van der Waals surface area (Å²) in [4.78, 5) is 28.1. The highest BCUT2D eigenvalue weighted by molar-refractivity contribution is 6.07. The molecule has 0 saturated carbocycles. The van der Waals surface area contributed by atoms with Gasteiger partial charge >= 0.3 is 5.97 Å². The van der Waals surface area contributed by atoms with E-state index < -0.39 is 5.97 Å². The number of pyridine rings is 1. The summed E-state index contributed by atoms with van der Waals surface area (Å²) < 4.78 is 9.88. The number of rotatable bonds is 4. The Balaban J connectivity index is 2.03. The molecule has 0 aliphatic carbocycles. The Morgan fingerprint density at radius 2 is 2.04 bits per heavy atom. The molecule has 0 aliphatic heterocycles. The van der Waals surface area contributed by atoms with E-state index >= 15 is 0 Å². The number of para-hydroxylation sites is 1. The molecule has 0 radical (unpaired) electrons. The molecular formula is C17H14N2O4. The summed E-state index contributed by atoms with van der Waals surface area (Å²) in [7, 11) is 1.27. The first-order chi connectivity index (χ1) is 11.2. The number of ether oxygens (including phenoxy) is 1. The second-order valence-corrected chi connectivity index (χ2v) is 4.81. The van der Waals surface area contributed by atoms with Crippen molar-refractivity contribution >= 4 is 22.8 Å². The number of nitrogens with zero attached hydrogens (tertiary/aromatic N) is 1. The van der Waals surface area contributed by atoms with Crippen molar-refractivity contribution in [2.24, 2.45) is 0 Å². The lowest BCUT2D eigenvalue weighted by molar-refractivity contribution is -0.139. The lowest BCUT2D eigenvalue weighted by atomic mass is 10.1. The van der Waals surface area contributed by atoms with Gasteiger partial charge in [-0.3, -0.25) is 9.59 Å². The maximum Gasteiger partial charge on any atom is 0.325 e. The summed E-state index contributed by atoms with van der Waals surface area (Å²) in [6.45, 7) is -0.192. The Bertz CT molecular complexity index is 856. The molecule has 6 heteroatoms. The number of furan rings is 1. The van der Waals surface area contributed by atoms with Gasteiger partial charge in [0.25, 0.3) is 5.91 Å². The monoisotopic (exact) mass is 310 g/mol. The molecule has 2 aromatic heterocycles. The summed E-state index contributed by atoms with van der Waals surface area (Å²) in [5.74, 6) is -0.317. The third-order valence-electron chi connectivity index (χ3n) is 3.36. The van der Waals surface area contributed by atoms with Crippen molar-refractivity contribution in [3.05, 3.63) is 54.3 Å². The summed E-state index contributed by atoms with van der Waals surface area (Å²) in [5, 5.41) is 3.24. The SMILES string of the molecule is COC(=O)CNC(=O)c1cc(-c2ccco2)nc2ccccc12. The number of esters is 1. The Morgan fingerprint density at radius 1 is 1.22 bits per heavy atom. The Labute approximate surface area is 132 Å². The normalized spacial score (nSPS) is 10.5. The van der Waals surface area contributed by atoms with Crippen LogP contribution >= 0.6 is 0 Å². The van der Waals surface area contributed by atoms with Gasteiger partial charge in [-0.15, -0.1) is 0 Å². The molecule has 1 amide bonds. The molecular weight excluding hydrogens is 296 g/mol. The highest BCUT2D eigenvalue weighted by atomic mass is 16.5. The molecule has 1 N–H and O–H groups in total. The van der Waals surface area contributed by atoms with Crippen molar-refractivity contribution in [1.29, 1.82) is 0 Å². The van der Waals surface area contributed by atoms with Crippen LogP contribution in [0.4, 0.5) is 0 Å². The van der Waals surface area contributed by atoms with Gasteiger partial charge in [0.05, 0.1) is 24.5 Å². The first-order valence-electron chi connectivity index (χ1n) is 6.97. The average molecular weight is 310 g/mol. The molecule has 0 unspecified atom stereocenters. The van der Waals surface area contributed by atoms with Crippen molar-refractivity contribution in [1.82, 2.24) is 10.3 Å². The van der Waals surface area contributed by atoms with Crippen LogP contribution in [0.5, 0.6) is 0 Å². The minimum absolute atomic E-state index is 0.192. The molecule has 0 aliphatic rings. The Morgan fingerprint density at radius 3 is 2.78 bits per heavy atom. The topological polar surface area (TPSA) is 81.4 Å². The Kier molecular flexibility index (Phi) is 4.05. The number of benzene rings is 1. The van der Waals surface area contributed by atoms with E-state index in [1.54, 1.807) is 30.5 Å². The quantitative estimate of drug-likeness (QED) is 0.748. The lowest BCUT2D eigenvalue weighted by Gasteiger charge is -2.09. The van der Waals surface area contributed by atoms with Crippen LogP contribution in [0.3, 0.4) is 0 Å². The summed E-state index contributed by atoms with van der Waals surface area (Å²) in [6.07, 6.45) is 1.54. The summed E-state index contributed by atoms with van der Waals surface area (Å²) in [6, 6.07) is 12.5. The number of hydrogen-bond acceptors (Lipinski definition) is 5. The van der Waals surface area contributed by atoms with E-state index in [2.05, 4.69) is 15.0 Å². The standard InChI is InChI=1S/C17H14N2O4/c1-22-16(20)10-18-17(21)12-9-14(15-7-4-8-23-15)19-13-6-3-2-5-11(12)13/h2-9H,10H2,1H3,(H,18,21). The fourth-order valence-electron chi connectivity index (χ4n) is 2.23. The number of hydrogen-bond donors (Lipinski definition) is 1. The van der Waals surface area contributed by atoms with E-state index in [0.717, 1.165) is 0 Å². The van der Waals surface area contributed by atoms with E-state index in [1.807, 2.05) is 18.2 Å². The fraction of sp³-hybridized carbons (Fsp3) is 0.118. The van der Waals surface area contributed by atoms with Crippen LogP contribution in [0.2, 0.25) is 0 Å². The molecule has 0 saturated heterocycles. The molecule has 2 heterocycles. The van der Waals surface area contributed by atoms with Gasteiger partial charge in [0, 0.05) is 5.39 Å². The molecule has 6 nitrogen and oxygen atoms in total. The number of carbonyl (C=O) groups is 2. The van der Waals surface area contributed by atoms with Gasteiger partial charge in [0.15, 0.2) is 5.76 Å². The molecule has 3 aromatic rings. The van der Waals surface area contributed by atoms with E-state index in [9.17, 15) is 9.59 Å². The van der Waals surface area contributed by atoms with Crippen LogP contribution in [0.1, 0.15) is 10.4 Å². The third kappa shape index (κ3) is 3.06. The van der Waals surface area contributed by atoms with Crippen molar-refractivity contribution < 1.29 is 18.7 Å². The van der Waals surface area contributed by atoms with Crippen LogP contribution in [-0.4, -0.2) is 30.5 Å².